The van der Waals surface area contributed by atoms with Gasteiger partial charge in [0.2, 0.25) is 0 Å². The summed E-state index contributed by atoms with van der Waals surface area (Å²) in [6.07, 6.45) is 2.66. The van der Waals surface area contributed by atoms with Crippen molar-refractivity contribution in [2.45, 2.75) is 31.3 Å². The summed E-state index contributed by atoms with van der Waals surface area (Å²) in [5.41, 5.74) is 0.821. The first-order valence-corrected chi connectivity index (χ1v) is 8.86. The first kappa shape index (κ1) is 17.8. The van der Waals surface area contributed by atoms with Gasteiger partial charge >= 0.3 is 0 Å². The van der Waals surface area contributed by atoms with Gasteiger partial charge in [-0.15, -0.1) is 0 Å². The SMILES string of the molecule is O=C(CCCN1CCC(O)(c2ccccc2)CC1)c1ccc(F)cc1. The zero-order valence-electron chi connectivity index (χ0n) is 14.3. The van der Waals surface area contributed by atoms with Crippen LogP contribution in [0.5, 0.6) is 0 Å². The van der Waals surface area contributed by atoms with Crippen molar-refractivity contribution in [3.05, 3.63) is 71.5 Å². The first-order chi connectivity index (χ1) is 12.1. The number of carbonyl (C=O) groups is 1. The molecule has 0 bridgehead atoms. The van der Waals surface area contributed by atoms with Gasteiger partial charge in [-0.25, -0.2) is 4.39 Å². The van der Waals surface area contributed by atoms with Crippen molar-refractivity contribution < 1.29 is 14.3 Å². The van der Waals surface area contributed by atoms with E-state index in [1.807, 2.05) is 30.3 Å². The van der Waals surface area contributed by atoms with Crippen molar-refractivity contribution in [3.63, 3.8) is 0 Å². The minimum atomic E-state index is -0.734. The second-order valence-electron chi connectivity index (χ2n) is 6.77. The number of likely N-dealkylation sites (tertiary alicyclic amines) is 1. The molecule has 0 radical (unpaired) electrons. The molecule has 0 amide bonds. The van der Waals surface area contributed by atoms with Crippen LogP contribution in [0.3, 0.4) is 0 Å². The number of carbonyl (C=O) groups excluding carboxylic acids is 1. The number of ketones is 1. The quantitative estimate of drug-likeness (QED) is 0.813. The predicted octanol–water partition coefficient (Wildman–Crippen LogP) is 3.77. The molecule has 25 heavy (non-hydrogen) atoms. The Balaban J connectivity index is 1.44. The van der Waals surface area contributed by atoms with Crippen LogP contribution in [-0.2, 0) is 5.60 Å². The van der Waals surface area contributed by atoms with Crippen LogP contribution in [0.4, 0.5) is 4.39 Å². The number of Topliss-reactive ketones (excluding diaryl/α,β-unsaturated/α-hetero) is 1. The Hall–Kier alpha value is -2.04. The molecule has 3 rings (SSSR count). The van der Waals surface area contributed by atoms with Crippen molar-refractivity contribution in [2.24, 2.45) is 0 Å². The fourth-order valence-corrected chi connectivity index (χ4v) is 3.43. The zero-order valence-corrected chi connectivity index (χ0v) is 14.3. The molecule has 0 aromatic heterocycles. The highest BCUT2D eigenvalue weighted by atomic mass is 19.1. The summed E-state index contributed by atoms with van der Waals surface area (Å²) < 4.78 is 12.9. The Bertz CT molecular complexity index is 692. The van der Waals surface area contributed by atoms with Crippen LogP contribution in [0, 0.1) is 5.82 Å². The molecular formula is C21H24FNO2. The fourth-order valence-electron chi connectivity index (χ4n) is 3.43. The van der Waals surface area contributed by atoms with E-state index < -0.39 is 5.60 Å². The minimum absolute atomic E-state index is 0.0535. The summed E-state index contributed by atoms with van der Waals surface area (Å²) >= 11 is 0. The van der Waals surface area contributed by atoms with Crippen molar-refractivity contribution in [2.75, 3.05) is 19.6 Å². The van der Waals surface area contributed by atoms with Crippen LogP contribution in [0.2, 0.25) is 0 Å². The number of nitrogens with zero attached hydrogens (tertiary/aromatic N) is 1. The highest BCUT2D eigenvalue weighted by Crippen LogP contribution is 2.32. The van der Waals surface area contributed by atoms with E-state index in [1.165, 1.54) is 12.1 Å². The summed E-state index contributed by atoms with van der Waals surface area (Å²) in [7, 11) is 0. The lowest BCUT2D eigenvalue weighted by atomic mass is 9.84. The van der Waals surface area contributed by atoms with Crippen molar-refractivity contribution in [3.8, 4) is 0 Å². The lowest BCUT2D eigenvalue weighted by molar-refractivity contribution is -0.0260. The maximum absolute atomic E-state index is 12.9. The standard InChI is InChI=1S/C21H24FNO2/c22-19-10-8-17(9-11-19)20(24)7-4-14-23-15-12-21(25,13-16-23)18-5-2-1-3-6-18/h1-3,5-6,8-11,25H,4,7,12-16H2. The van der Waals surface area contributed by atoms with Crippen LogP contribution in [0.15, 0.2) is 54.6 Å². The van der Waals surface area contributed by atoms with Crippen LogP contribution in [0.1, 0.15) is 41.6 Å². The van der Waals surface area contributed by atoms with Gasteiger partial charge in [-0.2, -0.15) is 0 Å². The highest BCUT2D eigenvalue weighted by Gasteiger charge is 2.33. The van der Waals surface area contributed by atoms with E-state index in [0.717, 1.165) is 31.6 Å². The minimum Gasteiger partial charge on any atom is -0.385 e. The monoisotopic (exact) mass is 341 g/mol. The Morgan fingerprint density at radius 1 is 1.04 bits per heavy atom. The van der Waals surface area contributed by atoms with Crippen molar-refractivity contribution in [1.29, 1.82) is 0 Å². The average molecular weight is 341 g/mol. The van der Waals surface area contributed by atoms with Gasteiger partial charge in [0.05, 0.1) is 5.60 Å². The number of piperidine rings is 1. The fraction of sp³-hybridized carbons (Fsp3) is 0.381. The Morgan fingerprint density at radius 2 is 1.68 bits per heavy atom. The third kappa shape index (κ3) is 4.53. The van der Waals surface area contributed by atoms with E-state index in [4.69, 9.17) is 0 Å². The van der Waals surface area contributed by atoms with Gasteiger partial charge in [-0.1, -0.05) is 30.3 Å². The molecule has 0 aliphatic carbocycles. The smallest absolute Gasteiger partial charge is 0.162 e. The number of rotatable bonds is 6. The van der Waals surface area contributed by atoms with Gasteiger partial charge in [0.15, 0.2) is 5.78 Å². The van der Waals surface area contributed by atoms with Gasteiger partial charge in [0, 0.05) is 25.1 Å². The molecule has 1 fully saturated rings. The molecule has 3 nitrogen and oxygen atoms in total. The van der Waals surface area contributed by atoms with E-state index in [9.17, 15) is 14.3 Å². The number of hydrogen-bond donors (Lipinski definition) is 1. The molecule has 0 unspecified atom stereocenters. The number of hydrogen-bond acceptors (Lipinski definition) is 3. The van der Waals surface area contributed by atoms with Gasteiger partial charge in [0.1, 0.15) is 5.82 Å². The lowest BCUT2D eigenvalue weighted by Gasteiger charge is -2.38. The molecule has 0 spiro atoms. The molecule has 0 atom stereocenters. The summed E-state index contributed by atoms with van der Waals surface area (Å²) in [6, 6.07) is 15.6. The van der Waals surface area contributed by atoms with E-state index in [0.29, 0.717) is 24.8 Å². The topological polar surface area (TPSA) is 40.5 Å². The number of benzene rings is 2. The molecule has 2 aromatic carbocycles. The van der Waals surface area contributed by atoms with Gasteiger partial charge < -0.3 is 10.0 Å². The second kappa shape index (κ2) is 7.89. The normalized spacial score (nSPS) is 17.4. The number of halogens is 1. The van der Waals surface area contributed by atoms with E-state index in [-0.39, 0.29) is 11.6 Å². The molecule has 2 aromatic rings. The Labute approximate surface area is 148 Å². The summed E-state index contributed by atoms with van der Waals surface area (Å²) in [5.74, 6) is -0.270. The van der Waals surface area contributed by atoms with E-state index >= 15 is 0 Å². The molecule has 1 N–H and O–H groups in total. The number of aliphatic hydroxyl groups is 1. The molecule has 1 aliphatic heterocycles. The van der Waals surface area contributed by atoms with Crippen molar-refractivity contribution in [1.82, 2.24) is 4.90 Å². The van der Waals surface area contributed by atoms with Crippen LogP contribution < -0.4 is 0 Å². The predicted molar refractivity (Wildman–Crippen MR) is 96.0 cm³/mol. The van der Waals surface area contributed by atoms with E-state index in [2.05, 4.69) is 4.90 Å². The van der Waals surface area contributed by atoms with Gasteiger partial charge in [0.25, 0.3) is 0 Å². The van der Waals surface area contributed by atoms with Crippen LogP contribution >= 0.6 is 0 Å². The van der Waals surface area contributed by atoms with Gasteiger partial charge in [-0.3, -0.25) is 4.79 Å². The maximum atomic E-state index is 12.9. The molecule has 1 aliphatic rings. The third-order valence-electron chi connectivity index (χ3n) is 5.04. The largest absolute Gasteiger partial charge is 0.385 e. The lowest BCUT2D eigenvalue weighted by Crippen LogP contribution is -2.42. The van der Waals surface area contributed by atoms with Crippen LogP contribution in [0.25, 0.3) is 0 Å². The molecule has 0 saturated carbocycles. The average Bonchev–Trinajstić information content (AvgIpc) is 2.65. The molecule has 4 heteroatoms. The third-order valence-corrected chi connectivity index (χ3v) is 5.04. The molecular weight excluding hydrogens is 317 g/mol. The second-order valence-corrected chi connectivity index (χ2v) is 6.77. The highest BCUT2D eigenvalue weighted by molar-refractivity contribution is 5.95. The molecule has 1 saturated heterocycles. The maximum Gasteiger partial charge on any atom is 0.162 e. The summed E-state index contributed by atoms with van der Waals surface area (Å²) in [5, 5.41) is 10.8. The molecule has 132 valence electrons. The Kier molecular flexibility index (Phi) is 5.61. The van der Waals surface area contributed by atoms with Crippen LogP contribution in [-0.4, -0.2) is 35.4 Å². The summed E-state index contributed by atoms with van der Waals surface area (Å²) in [6.45, 7) is 2.50. The first-order valence-electron chi connectivity index (χ1n) is 8.86. The molecule has 1 heterocycles. The van der Waals surface area contributed by atoms with E-state index in [1.54, 1.807) is 12.1 Å². The van der Waals surface area contributed by atoms with Crippen molar-refractivity contribution >= 4 is 5.78 Å². The Morgan fingerprint density at radius 3 is 2.32 bits per heavy atom. The van der Waals surface area contributed by atoms with Gasteiger partial charge in [-0.05, 0) is 55.6 Å². The summed E-state index contributed by atoms with van der Waals surface area (Å²) in [4.78, 5) is 14.4. The zero-order chi connectivity index (χ0) is 17.7.